The lowest BCUT2D eigenvalue weighted by atomic mass is 10.1. The fraction of sp³-hybridized carbons (Fsp3) is 0. The summed E-state index contributed by atoms with van der Waals surface area (Å²) in [6, 6.07) is 43.4. The zero-order valence-corrected chi connectivity index (χ0v) is 23.4. The molecule has 4 heterocycles. The third-order valence-electron chi connectivity index (χ3n) is 8.13. The van der Waals surface area contributed by atoms with Crippen LogP contribution in [0, 0.1) is 0 Å². The van der Waals surface area contributed by atoms with E-state index in [2.05, 4.69) is 62.6 Å². The summed E-state index contributed by atoms with van der Waals surface area (Å²) in [5.74, 6) is 1.80. The molecule has 9 rings (SSSR count). The van der Waals surface area contributed by atoms with E-state index in [0.717, 1.165) is 60.6 Å². The van der Waals surface area contributed by atoms with Crippen molar-refractivity contribution < 1.29 is 0 Å². The van der Waals surface area contributed by atoms with Gasteiger partial charge in [-0.3, -0.25) is 9.13 Å². The highest BCUT2D eigenvalue weighted by molar-refractivity contribution is 6.18. The molecule has 0 fully saturated rings. The largest absolute Gasteiger partial charge is 0.294 e. The molecule has 0 aliphatic heterocycles. The van der Waals surface area contributed by atoms with E-state index in [0.29, 0.717) is 17.6 Å². The molecule has 0 bridgehead atoms. The van der Waals surface area contributed by atoms with E-state index in [1.807, 2.05) is 85.1 Å². The normalized spacial score (nSPS) is 11.6. The van der Waals surface area contributed by atoms with Gasteiger partial charge in [0.15, 0.2) is 11.6 Å². The van der Waals surface area contributed by atoms with Crippen LogP contribution in [0.1, 0.15) is 0 Å². The Balaban J connectivity index is 1.41. The lowest BCUT2D eigenvalue weighted by Crippen LogP contribution is -2.06. The highest BCUT2D eigenvalue weighted by Crippen LogP contribution is 2.38. The van der Waals surface area contributed by atoms with Crippen molar-refractivity contribution in [3.05, 3.63) is 140 Å². The molecule has 0 aliphatic rings. The summed E-state index contributed by atoms with van der Waals surface area (Å²) in [6.45, 7) is 0. The van der Waals surface area contributed by atoms with Crippen LogP contribution in [-0.2, 0) is 0 Å². The standard InChI is InChI=1S/C37H23N7/c1-4-12-24(13-5-1)34-40-35(25-14-6-2-7-15-25)42-37(41-34)44-31-19-11-10-18-27(31)28-20-29-30-22-38-23-39-36(30)43(32(29)21-33(28)44)26-16-8-3-9-17-26/h1-23H. The zero-order chi connectivity index (χ0) is 29.0. The highest BCUT2D eigenvalue weighted by Gasteiger charge is 2.21. The quantitative estimate of drug-likeness (QED) is 0.215. The Morgan fingerprint density at radius 3 is 1.75 bits per heavy atom. The van der Waals surface area contributed by atoms with Gasteiger partial charge in [-0.05, 0) is 30.3 Å². The summed E-state index contributed by atoms with van der Waals surface area (Å²) in [5, 5.41) is 4.31. The number of benzene rings is 5. The van der Waals surface area contributed by atoms with Crippen molar-refractivity contribution in [2.75, 3.05) is 0 Å². The van der Waals surface area contributed by atoms with Gasteiger partial charge in [-0.15, -0.1) is 0 Å². The molecule has 4 aromatic heterocycles. The molecule has 0 N–H and O–H groups in total. The summed E-state index contributed by atoms with van der Waals surface area (Å²) in [4.78, 5) is 24.2. The Kier molecular flexibility index (Phi) is 5.36. The molecular formula is C37H23N7. The Morgan fingerprint density at radius 2 is 1.05 bits per heavy atom. The second kappa shape index (κ2) is 9.68. The molecular weight excluding hydrogens is 542 g/mol. The van der Waals surface area contributed by atoms with Crippen molar-refractivity contribution in [1.82, 2.24) is 34.1 Å². The Hall–Kier alpha value is -6.21. The van der Waals surface area contributed by atoms with Crippen LogP contribution in [0.5, 0.6) is 0 Å². The van der Waals surface area contributed by atoms with Crippen LogP contribution in [0.25, 0.3) is 78.2 Å². The van der Waals surface area contributed by atoms with Crippen LogP contribution >= 0.6 is 0 Å². The Morgan fingerprint density at radius 1 is 0.455 bits per heavy atom. The molecule has 0 spiro atoms. The first-order valence-electron chi connectivity index (χ1n) is 14.4. The van der Waals surface area contributed by atoms with Gasteiger partial charge in [-0.2, -0.15) is 9.97 Å². The van der Waals surface area contributed by atoms with Gasteiger partial charge in [0, 0.05) is 44.6 Å². The molecule has 0 saturated carbocycles. The predicted molar refractivity (Wildman–Crippen MR) is 175 cm³/mol. The number of rotatable bonds is 4. The molecule has 0 aliphatic carbocycles. The summed E-state index contributed by atoms with van der Waals surface area (Å²) in [6.07, 6.45) is 3.51. The first-order chi connectivity index (χ1) is 21.8. The Labute approximate surface area is 251 Å². The molecule has 206 valence electrons. The molecule has 7 heteroatoms. The number of hydrogen-bond acceptors (Lipinski definition) is 5. The monoisotopic (exact) mass is 565 g/mol. The second-order valence-corrected chi connectivity index (χ2v) is 10.7. The van der Waals surface area contributed by atoms with Crippen molar-refractivity contribution in [3.8, 4) is 34.4 Å². The second-order valence-electron chi connectivity index (χ2n) is 10.7. The van der Waals surface area contributed by atoms with Gasteiger partial charge in [0.1, 0.15) is 12.0 Å². The van der Waals surface area contributed by atoms with Crippen molar-refractivity contribution in [2.24, 2.45) is 0 Å². The van der Waals surface area contributed by atoms with Gasteiger partial charge in [0.2, 0.25) is 5.95 Å². The number of nitrogens with zero attached hydrogens (tertiary/aromatic N) is 7. The topological polar surface area (TPSA) is 74.3 Å². The summed E-state index contributed by atoms with van der Waals surface area (Å²) in [7, 11) is 0. The van der Waals surface area contributed by atoms with Crippen LogP contribution in [-0.4, -0.2) is 34.1 Å². The third-order valence-corrected chi connectivity index (χ3v) is 8.13. The SMILES string of the molecule is c1ccc(-c2nc(-c3ccccc3)nc(-n3c4ccccc4c4cc5c6cncnc6n(-c6ccccc6)c5cc43)n2)cc1. The number of hydrogen-bond donors (Lipinski definition) is 0. The van der Waals surface area contributed by atoms with Crippen molar-refractivity contribution in [2.45, 2.75) is 0 Å². The molecule has 0 saturated heterocycles. The van der Waals surface area contributed by atoms with E-state index in [1.54, 1.807) is 6.33 Å². The van der Waals surface area contributed by atoms with Crippen LogP contribution in [0.15, 0.2) is 140 Å². The van der Waals surface area contributed by atoms with Crippen LogP contribution in [0.4, 0.5) is 0 Å². The van der Waals surface area contributed by atoms with Crippen LogP contribution in [0.2, 0.25) is 0 Å². The fourth-order valence-electron chi connectivity index (χ4n) is 6.16. The average Bonchev–Trinajstić information content (AvgIpc) is 3.60. The molecule has 5 aromatic carbocycles. The fourth-order valence-corrected chi connectivity index (χ4v) is 6.16. The predicted octanol–water partition coefficient (Wildman–Crippen LogP) is 8.19. The molecule has 0 radical (unpaired) electrons. The number of aromatic nitrogens is 7. The highest BCUT2D eigenvalue weighted by atomic mass is 15.2. The minimum atomic E-state index is 0.561. The summed E-state index contributed by atoms with van der Waals surface area (Å²) < 4.78 is 4.36. The van der Waals surface area contributed by atoms with E-state index in [9.17, 15) is 0 Å². The van der Waals surface area contributed by atoms with E-state index in [4.69, 9.17) is 19.9 Å². The Bertz CT molecular complexity index is 2420. The van der Waals surface area contributed by atoms with Gasteiger partial charge in [-0.25, -0.2) is 15.0 Å². The van der Waals surface area contributed by atoms with Gasteiger partial charge >= 0.3 is 0 Å². The maximum absolute atomic E-state index is 5.09. The molecule has 0 amide bonds. The lowest BCUT2D eigenvalue weighted by molar-refractivity contribution is 0.953. The molecule has 7 nitrogen and oxygen atoms in total. The zero-order valence-electron chi connectivity index (χ0n) is 23.4. The van der Waals surface area contributed by atoms with E-state index in [-0.39, 0.29) is 0 Å². The maximum Gasteiger partial charge on any atom is 0.238 e. The van der Waals surface area contributed by atoms with Crippen molar-refractivity contribution in [1.29, 1.82) is 0 Å². The van der Waals surface area contributed by atoms with E-state index < -0.39 is 0 Å². The minimum absolute atomic E-state index is 0.561. The molecule has 44 heavy (non-hydrogen) atoms. The first-order valence-corrected chi connectivity index (χ1v) is 14.4. The lowest BCUT2D eigenvalue weighted by Gasteiger charge is -2.11. The molecule has 0 unspecified atom stereocenters. The van der Waals surface area contributed by atoms with Gasteiger partial charge in [-0.1, -0.05) is 97.1 Å². The smallest absolute Gasteiger partial charge is 0.238 e. The van der Waals surface area contributed by atoms with E-state index in [1.165, 1.54) is 0 Å². The van der Waals surface area contributed by atoms with Crippen molar-refractivity contribution in [3.63, 3.8) is 0 Å². The summed E-state index contributed by atoms with van der Waals surface area (Å²) in [5.41, 5.74) is 6.80. The van der Waals surface area contributed by atoms with Gasteiger partial charge < -0.3 is 0 Å². The first kappa shape index (κ1) is 24.4. The average molecular weight is 566 g/mol. The number of para-hydroxylation sites is 2. The van der Waals surface area contributed by atoms with Crippen LogP contribution in [0.3, 0.4) is 0 Å². The van der Waals surface area contributed by atoms with E-state index >= 15 is 0 Å². The van der Waals surface area contributed by atoms with Crippen LogP contribution < -0.4 is 0 Å². The third kappa shape index (κ3) is 3.73. The number of fused-ring (bicyclic) bond motifs is 6. The van der Waals surface area contributed by atoms with Gasteiger partial charge in [0.25, 0.3) is 0 Å². The molecule has 9 aromatic rings. The molecule has 0 atom stereocenters. The maximum atomic E-state index is 5.09. The van der Waals surface area contributed by atoms with Gasteiger partial charge in [0.05, 0.1) is 16.6 Å². The summed E-state index contributed by atoms with van der Waals surface area (Å²) >= 11 is 0. The minimum Gasteiger partial charge on any atom is -0.294 e. The van der Waals surface area contributed by atoms with Crippen molar-refractivity contribution >= 4 is 43.7 Å².